The maximum Gasteiger partial charge on any atom is 3.00 e. The predicted octanol–water partition coefficient (Wildman–Crippen LogP) is -3.07. The van der Waals surface area contributed by atoms with Crippen molar-refractivity contribution in [1.82, 2.24) is 0 Å². The van der Waals surface area contributed by atoms with Gasteiger partial charge in [0, 0.05) is 0 Å². The maximum atomic E-state index is 2.22. The van der Waals surface area contributed by atoms with Crippen LogP contribution in [0, 0.1) is 6.92 Å². The van der Waals surface area contributed by atoms with E-state index >= 15 is 0 Å². The molecule has 14 heavy (non-hydrogen) atoms. The fourth-order valence-electron chi connectivity index (χ4n) is 1.54. The topological polar surface area (TPSA) is 0 Å². The second kappa shape index (κ2) is 7.57. The summed E-state index contributed by atoms with van der Waals surface area (Å²) in [5.41, 5.74) is 2.83. The van der Waals surface area contributed by atoms with Gasteiger partial charge in [-0.2, -0.15) is 17.2 Å². The molecule has 73 valence electrons. The first-order valence-corrected chi connectivity index (χ1v) is 3.95. The summed E-state index contributed by atoms with van der Waals surface area (Å²) in [7, 11) is 0. The van der Waals surface area contributed by atoms with Gasteiger partial charge in [0.1, 0.15) is 0 Å². The second-order valence-corrected chi connectivity index (χ2v) is 2.96. The molecule has 0 amide bonds. The van der Waals surface area contributed by atoms with Crippen molar-refractivity contribution in [2.75, 3.05) is 0 Å². The van der Waals surface area contributed by atoms with Crippen LogP contribution in [0.4, 0.5) is 0 Å². The number of rotatable bonds is 1. The van der Waals surface area contributed by atoms with Crippen molar-refractivity contribution in [2.45, 2.75) is 12.8 Å². The minimum absolute atomic E-state index is 0. The summed E-state index contributed by atoms with van der Waals surface area (Å²) in [6.07, 6.45) is 8.67. The van der Waals surface area contributed by atoms with Crippen LogP contribution in [-0.4, -0.2) is 0 Å². The Hall–Kier alpha value is 0.293. The quantitative estimate of drug-likeness (QED) is 0.483. The van der Waals surface area contributed by atoms with E-state index in [-0.39, 0.29) is 51.0 Å². The first-order valence-electron chi connectivity index (χ1n) is 3.95. The molecular formula is C11H11Cl2Zr. The molecule has 0 saturated carbocycles. The van der Waals surface area contributed by atoms with Crippen molar-refractivity contribution in [3.05, 3.63) is 53.6 Å². The fraction of sp³-hybridized carbons (Fsp3) is 0.182. The van der Waals surface area contributed by atoms with Gasteiger partial charge in [-0.1, -0.05) is 31.2 Å². The molecule has 0 aliphatic heterocycles. The van der Waals surface area contributed by atoms with Gasteiger partial charge in [0.15, 0.2) is 0 Å². The molecule has 3 heteroatoms. The van der Waals surface area contributed by atoms with Crippen molar-refractivity contribution in [3.63, 3.8) is 0 Å². The number of halogens is 2. The molecule has 1 aliphatic rings. The molecule has 1 aromatic carbocycles. The summed E-state index contributed by atoms with van der Waals surface area (Å²) in [4.78, 5) is 0. The maximum absolute atomic E-state index is 2.22. The molecule has 1 aliphatic carbocycles. The Morgan fingerprint density at radius 3 is 2.14 bits per heavy atom. The number of hydrogen-bond acceptors (Lipinski definition) is 0. The van der Waals surface area contributed by atoms with Gasteiger partial charge >= 0.3 is 26.2 Å². The van der Waals surface area contributed by atoms with E-state index in [4.69, 9.17) is 0 Å². The SMILES string of the molecule is C[c-]1cccc1C1C=CC=C1.[Cl-].[Cl-].[Zr+3]. The molecule has 0 atom stereocenters. The summed E-state index contributed by atoms with van der Waals surface area (Å²) >= 11 is 0. The van der Waals surface area contributed by atoms with Crippen LogP contribution in [0.2, 0.25) is 0 Å². The van der Waals surface area contributed by atoms with Crippen molar-refractivity contribution in [2.24, 2.45) is 0 Å². The molecule has 0 aromatic heterocycles. The number of allylic oxidation sites excluding steroid dienone is 4. The molecule has 1 aromatic rings. The fourth-order valence-corrected chi connectivity index (χ4v) is 1.54. The van der Waals surface area contributed by atoms with Gasteiger partial charge in [0.25, 0.3) is 0 Å². The Kier molecular flexibility index (Phi) is 9.03. The van der Waals surface area contributed by atoms with Gasteiger partial charge in [-0.15, -0.1) is 0 Å². The summed E-state index contributed by atoms with van der Waals surface area (Å²) in [6, 6.07) is 6.47. The van der Waals surface area contributed by atoms with Crippen LogP contribution in [0.1, 0.15) is 17.0 Å². The molecule has 0 saturated heterocycles. The van der Waals surface area contributed by atoms with Crippen LogP contribution in [0.15, 0.2) is 42.5 Å². The first kappa shape index (κ1) is 16.7. The number of hydrogen-bond donors (Lipinski definition) is 0. The molecule has 0 N–H and O–H groups in total. The first-order chi connectivity index (χ1) is 5.38. The van der Waals surface area contributed by atoms with Gasteiger partial charge in [0.2, 0.25) is 0 Å². The largest absolute Gasteiger partial charge is 3.00 e. The van der Waals surface area contributed by atoms with Crippen LogP contribution >= 0.6 is 0 Å². The van der Waals surface area contributed by atoms with E-state index in [0.29, 0.717) is 5.92 Å². The Balaban J connectivity index is 0. The summed E-state index contributed by atoms with van der Waals surface area (Å²) < 4.78 is 0. The zero-order chi connectivity index (χ0) is 7.68. The van der Waals surface area contributed by atoms with E-state index in [1.54, 1.807) is 0 Å². The average Bonchev–Trinajstić information content (AvgIpc) is 2.55. The van der Waals surface area contributed by atoms with Gasteiger partial charge in [-0.05, 0) is 5.92 Å². The van der Waals surface area contributed by atoms with Gasteiger partial charge in [0.05, 0.1) is 0 Å². The summed E-state index contributed by atoms with van der Waals surface area (Å²) in [6.45, 7) is 2.16. The Morgan fingerprint density at radius 1 is 1.14 bits per heavy atom. The van der Waals surface area contributed by atoms with Crippen molar-refractivity contribution < 1.29 is 51.0 Å². The molecule has 0 nitrogen and oxygen atoms in total. The molecule has 0 spiro atoms. The van der Waals surface area contributed by atoms with Gasteiger partial charge in [-0.3, -0.25) is 0 Å². The molecular weight excluding hydrogens is 294 g/mol. The Labute approximate surface area is 117 Å². The molecule has 0 unspecified atom stereocenters. The molecule has 0 fully saturated rings. The van der Waals surface area contributed by atoms with E-state index in [1.807, 2.05) is 0 Å². The van der Waals surface area contributed by atoms with E-state index in [2.05, 4.69) is 49.4 Å². The monoisotopic (exact) mass is 303 g/mol. The van der Waals surface area contributed by atoms with Gasteiger partial charge < -0.3 is 24.8 Å². The molecule has 2 rings (SSSR count). The van der Waals surface area contributed by atoms with Crippen molar-refractivity contribution in [3.8, 4) is 0 Å². The van der Waals surface area contributed by atoms with Crippen LogP contribution in [0.3, 0.4) is 0 Å². The second-order valence-electron chi connectivity index (χ2n) is 2.96. The van der Waals surface area contributed by atoms with Crippen LogP contribution in [-0.2, 0) is 26.2 Å². The summed E-state index contributed by atoms with van der Waals surface area (Å²) in [5.74, 6) is 0.532. The van der Waals surface area contributed by atoms with E-state index in [0.717, 1.165) is 0 Å². The van der Waals surface area contributed by atoms with Crippen molar-refractivity contribution >= 4 is 0 Å². The third-order valence-electron chi connectivity index (χ3n) is 2.18. The van der Waals surface area contributed by atoms with Gasteiger partial charge in [-0.25, -0.2) is 12.1 Å². The predicted molar refractivity (Wildman–Crippen MR) is 47.8 cm³/mol. The third-order valence-corrected chi connectivity index (χ3v) is 2.18. The minimum Gasteiger partial charge on any atom is -1.00 e. The van der Waals surface area contributed by atoms with E-state index in [9.17, 15) is 0 Å². The molecule has 1 radical (unpaired) electrons. The average molecular weight is 305 g/mol. The Bertz CT molecular complexity index is 301. The van der Waals surface area contributed by atoms with E-state index in [1.165, 1.54) is 11.1 Å². The number of aryl methyl sites for hydroxylation is 1. The minimum atomic E-state index is 0. The standard InChI is InChI=1S/C11H11.2ClH.Zr/c1-9-5-4-8-11(9)10-6-2-3-7-10;;;/h2-8,10H,1H3;2*1H;/q-1;;;+3/p-2. The van der Waals surface area contributed by atoms with Crippen LogP contribution in [0.25, 0.3) is 0 Å². The van der Waals surface area contributed by atoms with E-state index < -0.39 is 0 Å². The molecule has 0 bridgehead atoms. The third kappa shape index (κ3) is 3.46. The van der Waals surface area contributed by atoms with Crippen LogP contribution in [0.5, 0.6) is 0 Å². The summed E-state index contributed by atoms with van der Waals surface area (Å²) in [5, 5.41) is 0. The Morgan fingerprint density at radius 2 is 1.71 bits per heavy atom. The zero-order valence-electron chi connectivity index (χ0n) is 7.87. The zero-order valence-corrected chi connectivity index (χ0v) is 11.8. The molecule has 0 heterocycles. The normalized spacial score (nSPS) is 12.9. The van der Waals surface area contributed by atoms with Crippen molar-refractivity contribution in [1.29, 1.82) is 0 Å². The smallest absolute Gasteiger partial charge is 1.00 e. The van der Waals surface area contributed by atoms with Crippen LogP contribution < -0.4 is 24.8 Å².